The summed E-state index contributed by atoms with van der Waals surface area (Å²) in [7, 11) is 6.08. The number of halogens is 2. The van der Waals surface area contributed by atoms with Gasteiger partial charge in [-0.1, -0.05) is 36.8 Å². The Morgan fingerprint density at radius 2 is 1.56 bits per heavy atom. The van der Waals surface area contributed by atoms with Crippen molar-refractivity contribution in [2.75, 3.05) is 20.1 Å². The van der Waals surface area contributed by atoms with Gasteiger partial charge >= 0.3 is 0 Å². The Balaban J connectivity index is 0.000000333. The monoisotopic (exact) mass is 400 g/mol. The number of benzene rings is 2. The fourth-order valence-electron chi connectivity index (χ4n) is 2.36. The van der Waals surface area contributed by atoms with Crippen LogP contribution in [0.4, 0.5) is 0 Å². The molecular weight excluding hydrogens is 374 g/mol. The number of hydrogen-bond donors (Lipinski definition) is 0. The molecule has 138 valence electrons. The lowest BCUT2D eigenvalue weighted by Gasteiger charge is -2.14. The van der Waals surface area contributed by atoms with Crippen LogP contribution < -0.4 is 14.8 Å². The van der Waals surface area contributed by atoms with Gasteiger partial charge in [0.1, 0.15) is 11.5 Å². The molecule has 5 heteroatoms. The standard InChI is InChI=1S/C14H15O2P.C6H12Cl2/c1-15-11-7-5-8-12(16-2)14(11)10-6-3-4-9-13(10)17;1-6(8)4-2-3-5-7/h3-9H,17H2,1-2H3;6H,2-5H2,1H3. The minimum Gasteiger partial charge on any atom is -0.496 e. The molecule has 0 bridgehead atoms. The smallest absolute Gasteiger partial charge is 0.130 e. The summed E-state index contributed by atoms with van der Waals surface area (Å²) in [5.74, 6) is 2.40. The predicted molar refractivity (Wildman–Crippen MR) is 114 cm³/mol. The van der Waals surface area contributed by atoms with Gasteiger partial charge in [-0.3, -0.25) is 0 Å². The van der Waals surface area contributed by atoms with E-state index in [4.69, 9.17) is 32.7 Å². The zero-order valence-electron chi connectivity index (χ0n) is 15.1. The van der Waals surface area contributed by atoms with Crippen LogP contribution in [0.25, 0.3) is 11.1 Å². The molecule has 2 rings (SSSR count). The van der Waals surface area contributed by atoms with Crippen molar-refractivity contribution in [2.24, 2.45) is 0 Å². The summed E-state index contributed by atoms with van der Waals surface area (Å²) >= 11 is 11.1. The highest BCUT2D eigenvalue weighted by Crippen LogP contribution is 2.37. The van der Waals surface area contributed by atoms with Crippen molar-refractivity contribution in [3.8, 4) is 22.6 Å². The molecule has 0 heterocycles. The van der Waals surface area contributed by atoms with Gasteiger partial charge in [0, 0.05) is 11.3 Å². The molecule has 2 aromatic carbocycles. The summed E-state index contributed by atoms with van der Waals surface area (Å²) in [6.07, 6.45) is 3.35. The van der Waals surface area contributed by atoms with Gasteiger partial charge in [0.25, 0.3) is 0 Å². The Morgan fingerprint density at radius 3 is 2.04 bits per heavy atom. The third kappa shape index (κ3) is 7.44. The normalized spacial score (nSPS) is 11.3. The minimum atomic E-state index is 0.318. The topological polar surface area (TPSA) is 18.5 Å². The van der Waals surface area contributed by atoms with Crippen molar-refractivity contribution in [2.45, 2.75) is 31.6 Å². The second kappa shape index (κ2) is 12.4. The van der Waals surface area contributed by atoms with Crippen LogP contribution in [0, 0.1) is 0 Å². The van der Waals surface area contributed by atoms with E-state index in [-0.39, 0.29) is 0 Å². The molecule has 0 aliphatic rings. The van der Waals surface area contributed by atoms with E-state index >= 15 is 0 Å². The second-order valence-corrected chi connectivity index (χ2v) is 7.34. The highest BCUT2D eigenvalue weighted by molar-refractivity contribution is 7.28. The zero-order valence-corrected chi connectivity index (χ0v) is 17.8. The molecule has 0 amide bonds. The largest absolute Gasteiger partial charge is 0.496 e. The van der Waals surface area contributed by atoms with Crippen LogP contribution in [0.2, 0.25) is 0 Å². The summed E-state index contributed by atoms with van der Waals surface area (Å²) in [4.78, 5) is 0. The number of hydrogen-bond acceptors (Lipinski definition) is 2. The summed E-state index contributed by atoms with van der Waals surface area (Å²) in [5, 5.41) is 1.44. The van der Waals surface area contributed by atoms with Crippen LogP contribution in [-0.4, -0.2) is 25.5 Å². The Labute approximate surface area is 164 Å². The summed E-state index contributed by atoms with van der Waals surface area (Å²) in [5.41, 5.74) is 2.09. The van der Waals surface area contributed by atoms with Gasteiger partial charge in [-0.2, -0.15) is 0 Å². The lowest BCUT2D eigenvalue weighted by molar-refractivity contribution is 0.397. The average Bonchev–Trinajstić information content (AvgIpc) is 2.62. The first-order valence-corrected chi connectivity index (χ1v) is 9.85. The molecule has 0 spiro atoms. The average molecular weight is 401 g/mol. The SMILES string of the molecule is CC(Cl)CCCCCl.COc1cccc(OC)c1-c1ccccc1P. The van der Waals surface area contributed by atoms with Gasteiger partial charge in [-0.15, -0.1) is 32.4 Å². The van der Waals surface area contributed by atoms with Crippen LogP contribution in [0.5, 0.6) is 11.5 Å². The molecule has 25 heavy (non-hydrogen) atoms. The van der Waals surface area contributed by atoms with Crippen LogP contribution in [-0.2, 0) is 0 Å². The molecule has 2 unspecified atom stereocenters. The quantitative estimate of drug-likeness (QED) is 0.327. The van der Waals surface area contributed by atoms with Crippen LogP contribution in [0.15, 0.2) is 42.5 Å². The molecular formula is C20H27Cl2O2P. The van der Waals surface area contributed by atoms with Crippen molar-refractivity contribution in [1.29, 1.82) is 0 Å². The third-order valence-corrected chi connectivity index (χ3v) is 4.63. The van der Waals surface area contributed by atoms with Gasteiger partial charge in [-0.05, 0) is 42.8 Å². The number of ether oxygens (including phenoxy) is 2. The van der Waals surface area contributed by atoms with Gasteiger partial charge in [-0.25, -0.2) is 0 Å². The predicted octanol–water partition coefficient (Wildman–Crippen LogP) is 5.89. The number of alkyl halides is 2. The van der Waals surface area contributed by atoms with Crippen LogP contribution in [0.1, 0.15) is 26.2 Å². The first-order chi connectivity index (χ1) is 12.0. The van der Waals surface area contributed by atoms with E-state index in [0.717, 1.165) is 53.1 Å². The Kier molecular flexibility index (Phi) is 11.0. The zero-order chi connectivity index (χ0) is 18.7. The highest BCUT2D eigenvalue weighted by Gasteiger charge is 2.13. The molecule has 0 N–H and O–H groups in total. The third-order valence-electron chi connectivity index (χ3n) is 3.64. The Bertz CT molecular complexity index is 611. The molecule has 0 radical (unpaired) electrons. The van der Waals surface area contributed by atoms with E-state index in [1.54, 1.807) is 14.2 Å². The van der Waals surface area contributed by atoms with Crippen molar-refractivity contribution >= 4 is 37.7 Å². The first kappa shape index (κ1) is 22.1. The number of rotatable bonds is 7. The van der Waals surface area contributed by atoms with Gasteiger partial charge < -0.3 is 9.47 Å². The van der Waals surface area contributed by atoms with Crippen molar-refractivity contribution in [3.63, 3.8) is 0 Å². The van der Waals surface area contributed by atoms with E-state index in [1.165, 1.54) is 0 Å². The van der Waals surface area contributed by atoms with Crippen molar-refractivity contribution in [1.82, 2.24) is 0 Å². The maximum absolute atomic E-state index is 5.67. The minimum absolute atomic E-state index is 0.318. The van der Waals surface area contributed by atoms with E-state index in [2.05, 4.69) is 15.3 Å². The molecule has 2 nitrogen and oxygen atoms in total. The van der Waals surface area contributed by atoms with Gasteiger partial charge in [0.15, 0.2) is 0 Å². The maximum Gasteiger partial charge on any atom is 0.130 e. The lowest BCUT2D eigenvalue weighted by Crippen LogP contribution is -2.00. The number of unbranched alkanes of at least 4 members (excludes halogenated alkanes) is 1. The van der Waals surface area contributed by atoms with Crippen LogP contribution in [0.3, 0.4) is 0 Å². The van der Waals surface area contributed by atoms with Gasteiger partial charge in [0.05, 0.1) is 19.8 Å². The van der Waals surface area contributed by atoms with E-state index in [0.29, 0.717) is 5.38 Å². The summed E-state index contributed by atoms with van der Waals surface area (Å²) in [6, 6.07) is 13.9. The molecule has 0 aromatic heterocycles. The van der Waals surface area contributed by atoms with E-state index < -0.39 is 0 Å². The van der Waals surface area contributed by atoms with Gasteiger partial charge in [0.2, 0.25) is 0 Å². The van der Waals surface area contributed by atoms with E-state index in [9.17, 15) is 0 Å². The Hall–Kier alpha value is -0.950. The van der Waals surface area contributed by atoms with Crippen molar-refractivity contribution in [3.05, 3.63) is 42.5 Å². The first-order valence-electron chi connectivity index (χ1n) is 8.31. The second-order valence-electron chi connectivity index (χ2n) is 5.59. The molecule has 0 aliphatic carbocycles. The Morgan fingerprint density at radius 1 is 0.960 bits per heavy atom. The molecule has 0 saturated carbocycles. The number of methoxy groups -OCH3 is 2. The lowest BCUT2D eigenvalue weighted by atomic mass is 10.0. The highest BCUT2D eigenvalue weighted by atomic mass is 35.5. The molecule has 0 fully saturated rings. The molecule has 2 atom stereocenters. The molecule has 0 aliphatic heterocycles. The fraction of sp³-hybridized carbons (Fsp3) is 0.400. The fourth-order valence-corrected chi connectivity index (χ4v) is 3.06. The summed E-state index contributed by atoms with van der Waals surface area (Å²) < 4.78 is 10.8. The van der Waals surface area contributed by atoms with Crippen molar-refractivity contribution < 1.29 is 9.47 Å². The summed E-state index contributed by atoms with van der Waals surface area (Å²) in [6.45, 7) is 2.01. The van der Waals surface area contributed by atoms with Crippen LogP contribution >= 0.6 is 32.4 Å². The molecule has 2 aromatic rings. The molecule has 0 saturated heterocycles. The van der Waals surface area contributed by atoms with E-state index in [1.807, 2.05) is 43.3 Å². The maximum atomic E-state index is 5.67.